The number of hydrogen-bond acceptors (Lipinski definition) is 6. The fraction of sp³-hybridized carbons (Fsp3) is 0.700. The van der Waals surface area contributed by atoms with Crippen molar-refractivity contribution in [2.75, 3.05) is 13.1 Å². The second-order valence-electron chi connectivity index (χ2n) is 4.63. The van der Waals surface area contributed by atoms with E-state index in [1.54, 1.807) is 0 Å². The van der Waals surface area contributed by atoms with E-state index in [1.165, 1.54) is 0 Å². The first-order valence-electron chi connectivity index (χ1n) is 6.15. The minimum atomic E-state index is -4.80. The second-order valence-corrected chi connectivity index (χ2v) is 6.25. The zero-order chi connectivity index (χ0) is 16.2. The van der Waals surface area contributed by atoms with E-state index >= 15 is 0 Å². The maximum Gasteiger partial charge on any atom is 0.320 e. The summed E-state index contributed by atoms with van der Waals surface area (Å²) in [6.07, 6.45) is 0.0432. The number of carbonyl (C=O) groups is 2. The van der Waals surface area contributed by atoms with Crippen molar-refractivity contribution in [1.82, 2.24) is 4.90 Å². The maximum absolute atomic E-state index is 12.8. The molecular weight excluding hydrogens is 307 g/mol. The van der Waals surface area contributed by atoms with Gasteiger partial charge in [0, 0.05) is 19.5 Å². The van der Waals surface area contributed by atoms with Crippen molar-refractivity contribution in [2.24, 2.45) is 16.5 Å². The van der Waals surface area contributed by atoms with E-state index in [2.05, 4.69) is 4.99 Å². The summed E-state index contributed by atoms with van der Waals surface area (Å²) < 4.78 is 34.3. The Morgan fingerprint density at radius 3 is 2.67 bits per heavy atom. The summed E-state index contributed by atoms with van der Waals surface area (Å²) in [6.45, 7) is -0.245. The van der Waals surface area contributed by atoms with Crippen molar-refractivity contribution < 1.29 is 27.0 Å². The minimum Gasteiger partial charge on any atom is -0.480 e. The standard InChI is InChI=1S/C10H17FN4O5S/c11-21(19,20)6-4-8(16)15(5-6)10(13)14-3-1-2-7(12)9(17)18/h6-7H,1-5,12H2,(H2,13,14)(H,17,18)/t6?,7-/m0/s1. The number of rotatable bonds is 6. The molecule has 120 valence electrons. The van der Waals surface area contributed by atoms with Crippen molar-refractivity contribution >= 4 is 28.1 Å². The lowest BCUT2D eigenvalue weighted by Gasteiger charge is -2.14. The third-order valence-corrected chi connectivity index (χ3v) is 4.14. The molecule has 2 atom stereocenters. The predicted molar refractivity (Wildman–Crippen MR) is 71.5 cm³/mol. The number of amides is 1. The van der Waals surface area contributed by atoms with Gasteiger partial charge < -0.3 is 16.6 Å². The monoisotopic (exact) mass is 324 g/mol. The average molecular weight is 324 g/mol. The Labute approximate surface area is 121 Å². The number of carbonyl (C=O) groups excluding carboxylic acids is 1. The van der Waals surface area contributed by atoms with E-state index in [0.29, 0.717) is 6.42 Å². The van der Waals surface area contributed by atoms with E-state index in [0.717, 1.165) is 4.90 Å². The number of hydrogen-bond donors (Lipinski definition) is 3. The molecule has 1 aliphatic heterocycles. The summed E-state index contributed by atoms with van der Waals surface area (Å²) >= 11 is 0. The van der Waals surface area contributed by atoms with Crippen LogP contribution in [0.15, 0.2) is 4.99 Å². The van der Waals surface area contributed by atoms with Crippen LogP contribution in [0.2, 0.25) is 0 Å². The summed E-state index contributed by atoms with van der Waals surface area (Å²) in [4.78, 5) is 26.8. The lowest BCUT2D eigenvalue weighted by Crippen LogP contribution is -2.39. The largest absolute Gasteiger partial charge is 0.480 e. The number of carboxylic acid groups (broad SMARTS) is 1. The maximum atomic E-state index is 12.8. The van der Waals surface area contributed by atoms with Crippen molar-refractivity contribution in [2.45, 2.75) is 30.6 Å². The Morgan fingerprint density at radius 1 is 1.57 bits per heavy atom. The van der Waals surface area contributed by atoms with E-state index < -0.39 is 39.8 Å². The van der Waals surface area contributed by atoms with Crippen LogP contribution in [0.1, 0.15) is 19.3 Å². The molecule has 1 heterocycles. The highest BCUT2D eigenvalue weighted by Gasteiger charge is 2.39. The highest BCUT2D eigenvalue weighted by Crippen LogP contribution is 2.19. The summed E-state index contributed by atoms with van der Waals surface area (Å²) in [6, 6.07) is -1.00. The van der Waals surface area contributed by atoms with Gasteiger partial charge in [0.2, 0.25) is 5.91 Å². The Morgan fingerprint density at radius 2 is 2.19 bits per heavy atom. The van der Waals surface area contributed by atoms with Crippen LogP contribution in [0.25, 0.3) is 0 Å². The highest BCUT2D eigenvalue weighted by atomic mass is 32.3. The summed E-state index contributed by atoms with van der Waals surface area (Å²) in [5, 5.41) is 7.14. The van der Waals surface area contributed by atoms with Crippen LogP contribution in [-0.4, -0.2) is 60.6 Å². The van der Waals surface area contributed by atoms with E-state index in [9.17, 15) is 21.9 Å². The van der Waals surface area contributed by atoms with Crippen LogP contribution in [0.3, 0.4) is 0 Å². The third-order valence-electron chi connectivity index (χ3n) is 3.03. The molecule has 9 nitrogen and oxygen atoms in total. The van der Waals surface area contributed by atoms with Crippen LogP contribution in [0.5, 0.6) is 0 Å². The highest BCUT2D eigenvalue weighted by molar-refractivity contribution is 7.87. The molecule has 0 aromatic carbocycles. The molecular formula is C10H17FN4O5S. The van der Waals surface area contributed by atoms with Crippen molar-refractivity contribution in [3.8, 4) is 0 Å². The predicted octanol–water partition coefficient (Wildman–Crippen LogP) is -1.61. The number of likely N-dealkylation sites (tertiary alicyclic amines) is 1. The minimum absolute atomic E-state index is 0.129. The van der Waals surface area contributed by atoms with Crippen molar-refractivity contribution in [1.29, 1.82) is 0 Å². The molecule has 0 radical (unpaired) electrons. The third kappa shape index (κ3) is 4.93. The van der Waals surface area contributed by atoms with Gasteiger partial charge in [-0.05, 0) is 12.8 Å². The molecule has 0 aromatic heterocycles. The van der Waals surface area contributed by atoms with Gasteiger partial charge in [-0.3, -0.25) is 19.5 Å². The van der Waals surface area contributed by atoms with Gasteiger partial charge in [0.05, 0.1) is 0 Å². The van der Waals surface area contributed by atoms with Gasteiger partial charge in [-0.15, -0.1) is 3.89 Å². The molecule has 1 aliphatic rings. The zero-order valence-corrected chi connectivity index (χ0v) is 11.9. The first-order chi connectivity index (χ1) is 9.62. The van der Waals surface area contributed by atoms with Gasteiger partial charge in [-0.1, -0.05) is 0 Å². The van der Waals surface area contributed by atoms with Crippen LogP contribution in [0, 0.1) is 0 Å². The fourth-order valence-electron chi connectivity index (χ4n) is 1.80. The molecule has 0 saturated carbocycles. The van der Waals surface area contributed by atoms with Gasteiger partial charge >= 0.3 is 16.2 Å². The fourth-order valence-corrected chi connectivity index (χ4v) is 2.47. The topological polar surface area (TPSA) is 156 Å². The summed E-state index contributed by atoms with van der Waals surface area (Å²) in [7, 11) is -4.80. The molecule has 0 spiro atoms. The lowest BCUT2D eigenvalue weighted by molar-refractivity contribution is -0.138. The molecule has 1 rings (SSSR count). The Bertz CT molecular complexity index is 550. The van der Waals surface area contributed by atoms with Crippen molar-refractivity contribution in [3.05, 3.63) is 0 Å². The van der Waals surface area contributed by atoms with Gasteiger partial charge in [0.1, 0.15) is 11.3 Å². The van der Waals surface area contributed by atoms with Gasteiger partial charge in [-0.25, -0.2) is 0 Å². The van der Waals surface area contributed by atoms with Crippen LogP contribution < -0.4 is 11.5 Å². The molecule has 0 aromatic rings. The molecule has 1 fully saturated rings. The molecule has 5 N–H and O–H groups in total. The number of aliphatic imine (C=N–C) groups is 1. The van der Waals surface area contributed by atoms with Gasteiger partial charge in [0.15, 0.2) is 5.96 Å². The SMILES string of the molecule is NC(=NCCC[C@H](N)C(=O)O)N1CC(S(=O)(=O)F)CC1=O. The van der Waals surface area contributed by atoms with Gasteiger partial charge in [0.25, 0.3) is 0 Å². The number of aliphatic carboxylic acids is 1. The molecule has 1 saturated heterocycles. The molecule has 0 aliphatic carbocycles. The summed E-state index contributed by atoms with van der Waals surface area (Å²) in [5.74, 6) is -1.96. The smallest absolute Gasteiger partial charge is 0.320 e. The summed E-state index contributed by atoms with van der Waals surface area (Å²) in [5.41, 5.74) is 10.8. The number of guanidine groups is 1. The molecule has 1 amide bonds. The quantitative estimate of drug-likeness (QED) is 0.230. The van der Waals surface area contributed by atoms with Crippen LogP contribution in [0.4, 0.5) is 3.89 Å². The molecule has 1 unspecified atom stereocenters. The number of nitrogens with zero attached hydrogens (tertiary/aromatic N) is 2. The van der Waals surface area contributed by atoms with E-state index in [-0.39, 0.29) is 25.5 Å². The van der Waals surface area contributed by atoms with Gasteiger partial charge in [-0.2, -0.15) is 8.42 Å². The molecule has 0 bridgehead atoms. The normalized spacial score (nSPS) is 21.6. The Kier molecular flexibility index (Phi) is 5.61. The first-order valence-corrected chi connectivity index (χ1v) is 7.59. The Balaban J connectivity index is 2.52. The average Bonchev–Trinajstić information content (AvgIpc) is 2.76. The number of nitrogens with two attached hydrogens (primary N) is 2. The number of carboxylic acids is 1. The Hall–Kier alpha value is -1.75. The number of halogens is 1. The van der Waals surface area contributed by atoms with Crippen LogP contribution >= 0.6 is 0 Å². The van der Waals surface area contributed by atoms with E-state index in [4.69, 9.17) is 16.6 Å². The molecule has 11 heteroatoms. The van der Waals surface area contributed by atoms with E-state index in [1.807, 2.05) is 0 Å². The lowest BCUT2D eigenvalue weighted by atomic mass is 10.2. The van der Waals surface area contributed by atoms with Crippen molar-refractivity contribution in [3.63, 3.8) is 0 Å². The van der Waals surface area contributed by atoms with Crippen LogP contribution in [-0.2, 0) is 19.8 Å². The second kappa shape index (κ2) is 6.80. The molecule has 21 heavy (non-hydrogen) atoms. The first kappa shape index (κ1) is 17.3. The zero-order valence-electron chi connectivity index (χ0n) is 11.1.